The third-order valence-electron chi connectivity index (χ3n) is 2.10. The summed E-state index contributed by atoms with van der Waals surface area (Å²) < 4.78 is 1.66. The number of primary amides is 1. The lowest BCUT2D eigenvalue weighted by atomic mass is 10.1. The predicted molar refractivity (Wildman–Crippen MR) is 55.0 cm³/mol. The average molecular weight is 202 g/mol. The minimum Gasteiger partial charge on any atom is -0.366 e. The van der Waals surface area contributed by atoms with Gasteiger partial charge in [0.2, 0.25) is 5.91 Å². The second-order valence-corrected chi connectivity index (χ2v) is 3.19. The molecule has 0 aromatic carbocycles. The van der Waals surface area contributed by atoms with Crippen LogP contribution in [0.15, 0.2) is 30.9 Å². The fourth-order valence-electron chi connectivity index (χ4n) is 1.40. The number of amides is 1. The predicted octanol–water partition coefficient (Wildman–Crippen LogP) is 0.581. The van der Waals surface area contributed by atoms with Crippen molar-refractivity contribution >= 4 is 5.91 Å². The first-order valence-electron chi connectivity index (χ1n) is 4.41. The summed E-state index contributed by atoms with van der Waals surface area (Å²) in [5, 5.41) is 4.03. The monoisotopic (exact) mass is 202 g/mol. The third kappa shape index (κ3) is 1.71. The molecule has 2 rings (SSSR count). The van der Waals surface area contributed by atoms with Crippen LogP contribution in [0.25, 0.3) is 11.1 Å². The summed E-state index contributed by atoms with van der Waals surface area (Å²) >= 11 is 0. The molecule has 76 valence electrons. The molecule has 0 unspecified atom stereocenters. The molecule has 2 heterocycles. The van der Waals surface area contributed by atoms with E-state index in [0.717, 1.165) is 5.56 Å². The number of nitrogens with two attached hydrogens (primary N) is 1. The first kappa shape index (κ1) is 9.39. The van der Waals surface area contributed by atoms with Gasteiger partial charge in [0, 0.05) is 36.8 Å². The molecule has 0 bridgehead atoms. The Bertz CT molecular complexity index is 504. The van der Waals surface area contributed by atoms with Gasteiger partial charge in [-0.25, -0.2) is 0 Å². The lowest BCUT2D eigenvalue weighted by Crippen LogP contribution is -2.12. The van der Waals surface area contributed by atoms with Crippen molar-refractivity contribution in [1.29, 1.82) is 0 Å². The van der Waals surface area contributed by atoms with Gasteiger partial charge in [0.05, 0.1) is 11.8 Å². The number of carbonyl (C=O) groups is 1. The van der Waals surface area contributed by atoms with Crippen LogP contribution >= 0.6 is 0 Å². The van der Waals surface area contributed by atoms with Crippen LogP contribution < -0.4 is 5.73 Å². The normalized spacial score (nSPS) is 10.2. The number of rotatable bonds is 2. The fraction of sp³-hybridized carbons (Fsp3) is 0.100. The van der Waals surface area contributed by atoms with Gasteiger partial charge in [-0.1, -0.05) is 0 Å². The van der Waals surface area contributed by atoms with E-state index in [1.807, 2.05) is 13.2 Å². The quantitative estimate of drug-likeness (QED) is 0.774. The number of aryl methyl sites for hydroxylation is 1. The van der Waals surface area contributed by atoms with E-state index in [2.05, 4.69) is 10.1 Å². The number of carbonyl (C=O) groups excluding carboxylic acids is 1. The van der Waals surface area contributed by atoms with Crippen molar-refractivity contribution in [3.8, 4) is 11.1 Å². The van der Waals surface area contributed by atoms with E-state index in [0.29, 0.717) is 11.1 Å². The summed E-state index contributed by atoms with van der Waals surface area (Å²) in [5.74, 6) is -0.462. The maximum atomic E-state index is 11.2. The van der Waals surface area contributed by atoms with E-state index in [4.69, 9.17) is 5.73 Å². The molecule has 0 atom stereocenters. The Balaban J connectivity index is 2.57. The molecule has 1 amide bonds. The van der Waals surface area contributed by atoms with Gasteiger partial charge in [-0.3, -0.25) is 14.5 Å². The van der Waals surface area contributed by atoms with Gasteiger partial charge in [-0.2, -0.15) is 5.10 Å². The summed E-state index contributed by atoms with van der Waals surface area (Å²) in [5.41, 5.74) is 7.26. The molecule has 0 fully saturated rings. The zero-order valence-corrected chi connectivity index (χ0v) is 8.21. The van der Waals surface area contributed by atoms with E-state index in [-0.39, 0.29) is 0 Å². The highest BCUT2D eigenvalue weighted by atomic mass is 16.1. The highest BCUT2D eigenvalue weighted by Gasteiger charge is 2.10. The van der Waals surface area contributed by atoms with E-state index in [1.165, 1.54) is 0 Å². The molecule has 2 N–H and O–H groups in total. The second kappa shape index (κ2) is 3.53. The molecular weight excluding hydrogens is 192 g/mol. The molecule has 0 radical (unpaired) electrons. The Morgan fingerprint density at radius 1 is 1.47 bits per heavy atom. The van der Waals surface area contributed by atoms with Crippen molar-refractivity contribution in [2.45, 2.75) is 0 Å². The first-order valence-corrected chi connectivity index (χ1v) is 4.41. The summed E-state index contributed by atoms with van der Waals surface area (Å²) in [7, 11) is 1.81. The van der Waals surface area contributed by atoms with Gasteiger partial charge in [-0.15, -0.1) is 0 Å². The van der Waals surface area contributed by atoms with Crippen LogP contribution in [0.5, 0.6) is 0 Å². The lowest BCUT2D eigenvalue weighted by molar-refractivity contribution is 0.100. The zero-order chi connectivity index (χ0) is 10.8. The van der Waals surface area contributed by atoms with Crippen LogP contribution in [0.3, 0.4) is 0 Å². The Hall–Kier alpha value is -2.17. The van der Waals surface area contributed by atoms with Crippen LogP contribution in [0.4, 0.5) is 0 Å². The van der Waals surface area contributed by atoms with Crippen LogP contribution in [0.2, 0.25) is 0 Å². The Morgan fingerprint density at radius 2 is 2.27 bits per heavy atom. The number of nitrogens with zero attached hydrogens (tertiary/aromatic N) is 3. The smallest absolute Gasteiger partial charge is 0.249 e. The van der Waals surface area contributed by atoms with Gasteiger partial charge in [-0.05, 0) is 6.07 Å². The number of aromatic nitrogens is 3. The lowest BCUT2D eigenvalue weighted by Gasteiger charge is -2.02. The molecular formula is C10H10N4O. The topological polar surface area (TPSA) is 73.8 Å². The van der Waals surface area contributed by atoms with Crippen molar-refractivity contribution in [2.24, 2.45) is 12.8 Å². The number of hydrogen-bond donors (Lipinski definition) is 1. The van der Waals surface area contributed by atoms with E-state index in [9.17, 15) is 4.79 Å². The molecule has 0 aliphatic heterocycles. The Morgan fingerprint density at radius 3 is 2.87 bits per heavy atom. The largest absolute Gasteiger partial charge is 0.366 e. The first-order chi connectivity index (χ1) is 7.18. The summed E-state index contributed by atoms with van der Waals surface area (Å²) in [4.78, 5) is 15.1. The second-order valence-electron chi connectivity index (χ2n) is 3.19. The zero-order valence-electron chi connectivity index (χ0n) is 8.21. The standard InChI is InChI=1S/C10H10N4O/c1-14-6-7(4-13-14)9-5-12-3-2-8(9)10(11)15/h2-6H,1H3,(H2,11,15). The number of hydrogen-bond acceptors (Lipinski definition) is 3. The third-order valence-corrected chi connectivity index (χ3v) is 2.10. The SMILES string of the molecule is Cn1cc(-c2cnccc2C(N)=O)cn1. The van der Waals surface area contributed by atoms with Crippen LogP contribution in [-0.2, 0) is 7.05 Å². The van der Waals surface area contributed by atoms with Crippen LogP contribution in [0, 0.1) is 0 Å². The van der Waals surface area contributed by atoms with Crippen molar-refractivity contribution in [3.63, 3.8) is 0 Å². The highest BCUT2D eigenvalue weighted by Crippen LogP contribution is 2.21. The van der Waals surface area contributed by atoms with Gasteiger partial charge in [0.25, 0.3) is 0 Å². The molecule has 2 aromatic heterocycles. The van der Waals surface area contributed by atoms with Crippen molar-refractivity contribution in [3.05, 3.63) is 36.4 Å². The fourth-order valence-corrected chi connectivity index (χ4v) is 1.40. The van der Waals surface area contributed by atoms with Gasteiger partial charge in [0.1, 0.15) is 0 Å². The Labute approximate surface area is 86.5 Å². The maximum absolute atomic E-state index is 11.2. The number of pyridine rings is 1. The summed E-state index contributed by atoms with van der Waals surface area (Å²) in [6, 6.07) is 1.60. The highest BCUT2D eigenvalue weighted by molar-refractivity contribution is 5.99. The molecule has 15 heavy (non-hydrogen) atoms. The Kier molecular flexibility index (Phi) is 2.21. The molecule has 0 aliphatic rings. The molecule has 0 saturated carbocycles. The molecule has 2 aromatic rings. The van der Waals surface area contributed by atoms with Crippen molar-refractivity contribution in [2.75, 3.05) is 0 Å². The van der Waals surface area contributed by atoms with E-state index in [1.54, 1.807) is 29.3 Å². The summed E-state index contributed by atoms with van der Waals surface area (Å²) in [6.45, 7) is 0. The molecule has 0 saturated heterocycles. The van der Waals surface area contributed by atoms with E-state index >= 15 is 0 Å². The molecule has 0 spiro atoms. The van der Waals surface area contributed by atoms with Crippen molar-refractivity contribution < 1.29 is 4.79 Å². The minimum atomic E-state index is -0.462. The molecule has 5 nitrogen and oxygen atoms in total. The minimum absolute atomic E-state index is 0.456. The van der Waals surface area contributed by atoms with Gasteiger partial charge >= 0.3 is 0 Å². The van der Waals surface area contributed by atoms with Crippen LogP contribution in [0.1, 0.15) is 10.4 Å². The van der Waals surface area contributed by atoms with E-state index < -0.39 is 5.91 Å². The maximum Gasteiger partial charge on any atom is 0.249 e. The van der Waals surface area contributed by atoms with Crippen molar-refractivity contribution in [1.82, 2.24) is 14.8 Å². The van der Waals surface area contributed by atoms with Crippen LogP contribution in [-0.4, -0.2) is 20.7 Å². The van der Waals surface area contributed by atoms with Gasteiger partial charge in [0.15, 0.2) is 0 Å². The molecule has 5 heteroatoms. The average Bonchev–Trinajstić information content (AvgIpc) is 2.65. The molecule has 0 aliphatic carbocycles. The summed E-state index contributed by atoms with van der Waals surface area (Å²) in [6.07, 6.45) is 6.63. The van der Waals surface area contributed by atoms with Gasteiger partial charge < -0.3 is 5.73 Å².